The maximum atomic E-state index is 13.7. The van der Waals surface area contributed by atoms with E-state index in [4.69, 9.17) is 15.7 Å². The molecule has 0 amide bonds. The van der Waals surface area contributed by atoms with E-state index < -0.39 is 0 Å². The minimum atomic E-state index is -0.374. The smallest absolute Gasteiger partial charge is 0.129 e. The zero-order valence-corrected chi connectivity index (χ0v) is 11.9. The van der Waals surface area contributed by atoms with Gasteiger partial charge in [-0.05, 0) is 49.7 Å². The van der Waals surface area contributed by atoms with Crippen LogP contribution < -0.4 is 10.5 Å². The van der Waals surface area contributed by atoms with Gasteiger partial charge in [0.15, 0.2) is 0 Å². The molecule has 0 aliphatic carbocycles. The van der Waals surface area contributed by atoms with Gasteiger partial charge in [-0.3, -0.25) is 0 Å². The molecule has 0 aliphatic rings. The average molecular weight is 284 g/mol. The van der Waals surface area contributed by atoms with Crippen molar-refractivity contribution in [3.05, 3.63) is 64.5 Å². The maximum Gasteiger partial charge on any atom is 0.129 e. The minimum absolute atomic E-state index is 0.0853. The van der Waals surface area contributed by atoms with E-state index in [9.17, 15) is 4.39 Å². The summed E-state index contributed by atoms with van der Waals surface area (Å²) in [5, 5.41) is 8.86. The van der Waals surface area contributed by atoms with Gasteiger partial charge >= 0.3 is 0 Å². The quantitative estimate of drug-likeness (QED) is 0.917. The van der Waals surface area contributed by atoms with Gasteiger partial charge in [0.2, 0.25) is 0 Å². The molecular weight excluding hydrogens is 267 g/mol. The zero-order valence-electron chi connectivity index (χ0n) is 11.9. The van der Waals surface area contributed by atoms with Gasteiger partial charge in [0.1, 0.15) is 18.2 Å². The summed E-state index contributed by atoms with van der Waals surface area (Å²) in [4.78, 5) is 0. The molecule has 0 aromatic heterocycles. The number of hydrogen-bond donors (Lipinski definition) is 1. The number of ether oxygens (including phenoxy) is 1. The predicted molar refractivity (Wildman–Crippen MR) is 79.4 cm³/mol. The van der Waals surface area contributed by atoms with E-state index >= 15 is 0 Å². The van der Waals surface area contributed by atoms with Crippen LogP contribution in [0.15, 0.2) is 36.4 Å². The van der Waals surface area contributed by atoms with E-state index in [1.807, 2.05) is 31.2 Å². The highest BCUT2D eigenvalue weighted by molar-refractivity contribution is 5.38. The fraction of sp³-hybridized carbons (Fsp3) is 0.235. The van der Waals surface area contributed by atoms with Gasteiger partial charge in [0, 0.05) is 5.56 Å². The van der Waals surface area contributed by atoms with Gasteiger partial charge in [0.25, 0.3) is 0 Å². The Morgan fingerprint density at radius 1 is 1.19 bits per heavy atom. The first kappa shape index (κ1) is 15.0. The van der Waals surface area contributed by atoms with Crippen molar-refractivity contribution >= 4 is 0 Å². The third-order valence-corrected chi connectivity index (χ3v) is 3.19. The van der Waals surface area contributed by atoms with Crippen LogP contribution in [-0.2, 0) is 13.0 Å². The van der Waals surface area contributed by atoms with Crippen molar-refractivity contribution in [2.45, 2.75) is 20.0 Å². The summed E-state index contributed by atoms with van der Waals surface area (Å²) in [5.41, 5.74) is 8.52. The normalized spacial score (nSPS) is 10.2. The van der Waals surface area contributed by atoms with E-state index in [0.29, 0.717) is 29.8 Å². The number of nitriles is 1. The summed E-state index contributed by atoms with van der Waals surface area (Å²) in [7, 11) is 0. The highest BCUT2D eigenvalue weighted by Crippen LogP contribution is 2.22. The molecule has 0 aliphatic heterocycles. The Labute approximate surface area is 123 Å². The summed E-state index contributed by atoms with van der Waals surface area (Å²) in [6.45, 7) is 2.61. The first-order chi connectivity index (χ1) is 10.1. The molecule has 2 aromatic rings. The SMILES string of the molecule is Cc1ccc(OCc2cc(C#N)ccc2F)c(CCN)c1. The second-order valence-corrected chi connectivity index (χ2v) is 4.86. The van der Waals surface area contributed by atoms with Crippen LogP contribution in [0, 0.1) is 24.1 Å². The fourth-order valence-corrected chi connectivity index (χ4v) is 2.11. The Hall–Kier alpha value is -2.38. The van der Waals surface area contributed by atoms with E-state index in [1.54, 1.807) is 0 Å². The third kappa shape index (κ3) is 3.80. The van der Waals surface area contributed by atoms with Gasteiger partial charge < -0.3 is 10.5 Å². The van der Waals surface area contributed by atoms with Crippen LogP contribution in [0.4, 0.5) is 4.39 Å². The Kier molecular flexibility index (Phi) is 4.91. The topological polar surface area (TPSA) is 59.0 Å². The van der Waals surface area contributed by atoms with Crippen molar-refractivity contribution in [3.8, 4) is 11.8 Å². The van der Waals surface area contributed by atoms with E-state index in [1.165, 1.54) is 18.2 Å². The van der Waals surface area contributed by atoms with Gasteiger partial charge in [-0.25, -0.2) is 4.39 Å². The van der Waals surface area contributed by atoms with E-state index in [-0.39, 0.29) is 12.4 Å². The molecule has 0 atom stereocenters. The molecule has 0 saturated carbocycles. The van der Waals surface area contributed by atoms with Crippen LogP contribution in [0.5, 0.6) is 5.75 Å². The number of nitrogens with zero attached hydrogens (tertiary/aromatic N) is 1. The molecule has 2 rings (SSSR count). The van der Waals surface area contributed by atoms with Crippen LogP contribution in [-0.4, -0.2) is 6.54 Å². The molecule has 0 bridgehead atoms. The zero-order chi connectivity index (χ0) is 15.2. The lowest BCUT2D eigenvalue weighted by molar-refractivity contribution is 0.296. The lowest BCUT2D eigenvalue weighted by Crippen LogP contribution is -2.06. The first-order valence-electron chi connectivity index (χ1n) is 6.75. The van der Waals surface area contributed by atoms with Gasteiger partial charge in [0.05, 0.1) is 11.6 Å². The largest absolute Gasteiger partial charge is 0.489 e. The number of aryl methyl sites for hydroxylation is 1. The molecule has 0 fully saturated rings. The summed E-state index contributed by atoms with van der Waals surface area (Å²) in [5.74, 6) is 0.328. The highest BCUT2D eigenvalue weighted by Gasteiger charge is 2.08. The van der Waals surface area contributed by atoms with E-state index in [0.717, 1.165) is 11.1 Å². The number of halogens is 1. The Balaban J connectivity index is 2.18. The van der Waals surface area contributed by atoms with Crippen molar-refractivity contribution in [1.29, 1.82) is 5.26 Å². The minimum Gasteiger partial charge on any atom is -0.489 e. The molecule has 21 heavy (non-hydrogen) atoms. The summed E-state index contributed by atoms with van der Waals surface area (Å²) < 4.78 is 19.4. The summed E-state index contributed by atoms with van der Waals surface area (Å²) >= 11 is 0. The molecule has 0 spiro atoms. The predicted octanol–water partition coefficient (Wildman–Crippen LogP) is 3.09. The Morgan fingerprint density at radius 3 is 2.71 bits per heavy atom. The third-order valence-electron chi connectivity index (χ3n) is 3.19. The molecule has 3 nitrogen and oxygen atoms in total. The molecule has 2 N–H and O–H groups in total. The molecule has 0 heterocycles. The van der Waals surface area contributed by atoms with Crippen molar-refractivity contribution in [2.75, 3.05) is 6.54 Å². The molecule has 2 aromatic carbocycles. The summed E-state index contributed by atoms with van der Waals surface area (Å²) in [6.07, 6.45) is 0.706. The molecule has 0 unspecified atom stereocenters. The first-order valence-corrected chi connectivity index (χ1v) is 6.75. The van der Waals surface area contributed by atoms with Crippen molar-refractivity contribution in [3.63, 3.8) is 0 Å². The molecule has 0 radical (unpaired) electrons. The van der Waals surface area contributed by atoms with Crippen LogP contribution in [0.3, 0.4) is 0 Å². The van der Waals surface area contributed by atoms with Crippen molar-refractivity contribution < 1.29 is 9.13 Å². The molecule has 0 saturated heterocycles. The van der Waals surface area contributed by atoms with Gasteiger partial charge in [-0.15, -0.1) is 0 Å². The van der Waals surface area contributed by atoms with Crippen molar-refractivity contribution in [1.82, 2.24) is 0 Å². The van der Waals surface area contributed by atoms with Crippen LogP contribution >= 0.6 is 0 Å². The molecular formula is C17H17FN2O. The second-order valence-electron chi connectivity index (χ2n) is 4.86. The number of rotatable bonds is 5. The highest BCUT2D eigenvalue weighted by atomic mass is 19.1. The number of hydrogen-bond acceptors (Lipinski definition) is 3. The Morgan fingerprint density at radius 2 is 2.00 bits per heavy atom. The lowest BCUT2D eigenvalue weighted by Gasteiger charge is -2.12. The van der Waals surface area contributed by atoms with Crippen LogP contribution in [0.2, 0.25) is 0 Å². The molecule has 108 valence electrons. The van der Waals surface area contributed by atoms with Gasteiger partial charge in [-0.2, -0.15) is 5.26 Å². The average Bonchev–Trinajstić information content (AvgIpc) is 2.48. The van der Waals surface area contributed by atoms with Crippen LogP contribution in [0.25, 0.3) is 0 Å². The maximum absolute atomic E-state index is 13.7. The fourth-order valence-electron chi connectivity index (χ4n) is 2.11. The summed E-state index contributed by atoms with van der Waals surface area (Å²) in [6, 6.07) is 12.1. The second kappa shape index (κ2) is 6.87. The van der Waals surface area contributed by atoms with E-state index in [2.05, 4.69) is 0 Å². The van der Waals surface area contributed by atoms with Crippen LogP contribution in [0.1, 0.15) is 22.3 Å². The standard InChI is InChI=1S/C17H17FN2O/c1-12-2-5-17(14(8-12)6-7-19)21-11-15-9-13(10-20)3-4-16(15)18/h2-5,8-9H,6-7,11,19H2,1H3. The van der Waals surface area contributed by atoms with Crippen molar-refractivity contribution in [2.24, 2.45) is 5.73 Å². The number of benzene rings is 2. The lowest BCUT2D eigenvalue weighted by atomic mass is 10.1. The van der Waals surface area contributed by atoms with Gasteiger partial charge in [-0.1, -0.05) is 17.7 Å². The monoisotopic (exact) mass is 284 g/mol. The Bertz CT molecular complexity index is 677. The molecule has 4 heteroatoms. The number of nitrogens with two attached hydrogens (primary N) is 1.